The molecule has 6 heteroatoms. The molecule has 0 unspecified atom stereocenters. The van der Waals surface area contributed by atoms with Gasteiger partial charge in [0.25, 0.3) is 5.91 Å². The van der Waals surface area contributed by atoms with Gasteiger partial charge in [-0.3, -0.25) is 9.89 Å². The molecule has 0 saturated carbocycles. The van der Waals surface area contributed by atoms with Gasteiger partial charge in [-0.2, -0.15) is 5.10 Å². The van der Waals surface area contributed by atoms with Crippen molar-refractivity contribution in [3.63, 3.8) is 0 Å². The molecule has 0 radical (unpaired) electrons. The second-order valence-corrected chi connectivity index (χ2v) is 6.61. The highest BCUT2D eigenvalue weighted by Gasteiger charge is 2.17. The van der Waals surface area contributed by atoms with Gasteiger partial charge >= 0.3 is 0 Å². The number of aryl methyl sites for hydroxylation is 1. The van der Waals surface area contributed by atoms with Gasteiger partial charge in [-0.15, -0.1) is 0 Å². The number of hydrogen-bond acceptors (Lipinski definition) is 2. The van der Waals surface area contributed by atoms with Crippen molar-refractivity contribution in [3.05, 3.63) is 77.9 Å². The molecule has 1 atom stereocenters. The zero-order valence-corrected chi connectivity index (χ0v) is 15.0. The standard InChI is InChI=1S/C21H19FN4O/c1-13(14-4-3-5-16(22)10-14)24-21(27)18-12-26(2)20-7-6-15(11-17(18)20)19-8-9-23-25-19/h3-13H,1-2H3,(H,23,25)(H,24,27)/t13-/m0/s1. The number of aromatic nitrogens is 3. The van der Waals surface area contributed by atoms with Crippen LogP contribution in [0.1, 0.15) is 28.9 Å². The summed E-state index contributed by atoms with van der Waals surface area (Å²) >= 11 is 0. The SMILES string of the molecule is C[C@H](NC(=O)c1cn(C)c2ccc(-c3ccn[nH]3)cc12)c1cccc(F)c1. The molecular formula is C21H19FN4O. The van der Waals surface area contributed by atoms with Gasteiger partial charge in [0.15, 0.2) is 0 Å². The fourth-order valence-electron chi connectivity index (χ4n) is 3.29. The summed E-state index contributed by atoms with van der Waals surface area (Å²) in [7, 11) is 1.91. The molecule has 2 aromatic heterocycles. The zero-order valence-electron chi connectivity index (χ0n) is 15.0. The Morgan fingerprint density at radius 1 is 1.22 bits per heavy atom. The van der Waals surface area contributed by atoms with E-state index in [1.165, 1.54) is 12.1 Å². The average Bonchev–Trinajstić information content (AvgIpc) is 3.30. The smallest absolute Gasteiger partial charge is 0.253 e. The van der Waals surface area contributed by atoms with Crippen LogP contribution in [0.2, 0.25) is 0 Å². The normalized spacial score (nSPS) is 12.3. The average molecular weight is 362 g/mol. The lowest BCUT2D eigenvalue weighted by atomic mass is 10.1. The number of nitrogens with one attached hydrogen (secondary N) is 2. The van der Waals surface area contributed by atoms with Crippen LogP contribution in [0.25, 0.3) is 22.2 Å². The molecule has 4 rings (SSSR count). The predicted molar refractivity (Wildman–Crippen MR) is 103 cm³/mol. The van der Waals surface area contributed by atoms with E-state index in [-0.39, 0.29) is 17.8 Å². The molecule has 0 aliphatic carbocycles. The van der Waals surface area contributed by atoms with Gasteiger partial charge in [-0.05, 0) is 42.8 Å². The molecule has 2 N–H and O–H groups in total. The fraction of sp³-hybridized carbons (Fsp3) is 0.143. The molecule has 0 fully saturated rings. The fourth-order valence-corrected chi connectivity index (χ4v) is 3.29. The Bertz CT molecular complexity index is 1110. The van der Waals surface area contributed by atoms with Crippen molar-refractivity contribution in [2.24, 2.45) is 7.05 Å². The van der Waals surface area contributed by atoms with Crippen molar-refractivity contribution in [1.29, 1.82) is 0 Å². The number of benzene rings is 2. The maximum Gasteiger partial charge on any atom is 0.253 e. The van der Waals surface area contributed by atoms with E-state index in [1.807, 2.05) is 49.0 Å². The third kappa shape index (κ3) is 3.21. The summed E-state index contributed by atoms with van der Waals surface area (Å²) in [5, 5.41) is 10.7. The third-order valence-electron chi connectivity index (χ3n) is 4.74. The first-order valence-corrected chi connectivity index (χ1v) is 8.68. The maximum atomic E-state index is 13.5. The highest BCUT2D eigenvalue weighted by molar-refractivity contribution is 6.08. The number of aromatic amines is 1. The van der Waals surface area contributed by atoms with Crippen molar-refractivity contribution in [2.75, 3.05) is 0 Å². The summed E-state index contributed by atoms with van der Waals surface area (Å²) in [6.07, 6.45) is 3.51. The minimum atomic E-state index is -0.317. The maximum absolute atomic E-state index is 13.5. The van der Waals surface area contributed by atoms with E-state index in [0.29, 0.717) is 5.56 Å². The molecule has 0 spiro atoms. The van der Waals surface area contributed by atoms with Crippen molar-refractivity contribution in [3.8, 4) is 11.3 Å². The quantitative estimate of drug-likeness (QED) is 0.572. The molecule has 136 valence electrons. The van der Waals surface area contributed by atoms with E-state index in [0.717, 1.165) is 27.7 Å². The van der Waals surface area contributed by atoms with Gasteiger partial charge in [0.05, 0.1) is 17.3 Å². The van der Waals surface area contributed by atoms with Crippen LogP contribution in [-0.2, 0) is 7.05 Å². The van der Waals surface area contributed by atoms with Crippen LogP contribution in [0.3, 0.4) is 0 Å². The van der Waals surface area contributed by atoms with Gasteiger partial charge in [-0.1, -0.05) is 18.2 Å². The van der Waals surface area contributed by atoms with Crippen molar-refractivity contribution < 1.29 is 9.18 Å². The van der Waals surface area contributed by atoms with Gasteiger partial charge in [-0.25, -0.2) is 4.39 Å². The van der Waals surface area contributed by atoms with Crippen molar-refractivity contribution in [1.82, 2.24) is 20.1 Å². The van der Waals surface area contributed by atoms with E-state index in [4.69, 9.17) is 0 Å². The minimum absolute atomic E-state index is 0.195. The molecule has 5 nitrogen and oxygen atoms in total. The molecule has 4 aromatic rings. The largest absolute Gasteiger partial charge is 0.350 e. The first-order chi connectivity index (χ1) is 13.0. The van der Waals surface area contributed by atoms with Crippen LogP contribution in [0.4, 0.5) is 4.39 Å². The van der Waals surface area contributed by atoms with Crippen LogP contribution in [0.5, 0.6) is 0 Å². The van der Waals surface area contributed by atoms with Crippen LogP contribution >= 0.6 is 0 Å². The van der Waals surface area contributed by atoms with E-state index >= 15 is 0 Å². The first-order valence-electron chi connectivity index (χ1n) is 8.68. The first kappa shape index (κ1) is 17.0. The summed E-state index contributed by atoms with van der Waals surface area (Å²) in [6.45, 7) is 1.84. The Morgan fingerprint density at radius 2 is 2.07 bits per heavy atom. The summed E-state index contributed by atoms with van der Waals surface area (Å²) in [4.78, 5) is 12.9. The van der Waals surface area contributed by atoms with Gasteiger partial charge in [0, 0.05) is 35.9 Å². The second kappa shape index (κ2) is 6.72. The van der Waals surface area contributed by atoms with E-state index in [1.54, 1.807) is 18.3 Å². The molecule has 27 heavy (non-hydrogen) atoms. The molecule has 0 aliphatic rings. The topological polar surface area (TPSA) is 62.7 Å². The Labute approximate surface area is 155 Å². The monoisotopic (exact) mass is 362 g/mol. The lowest BCUT2D eigenvalue weighted by Crippen LogP contribution is -2.26. The Balaban J connectivity index is 1.68. The number of halogens is 1. The number of carbonyl (C=O) groups is 1. The molecule has 2 aromatic carbocycles. The summed E-state index contributed by atoms with van der Waals surface area (Å²) in [5.74, 6) is -0.512. The number of nitrogens with zero attached hydrogens (tertiary/aromatic N) is 2. The molecule has 0 bridgehead atoms. The number of H-pyrrole nitrogens is 1. The van der Waals surface area contributed by atoms with E-state index in [2.05, 4.69) is 15.5 Å². The Hall–Kier alpha value is -3.41. The zero-order chi connectivity index (χ0) is 19.0. The summed E-state index contributed by atoms with van der Waals surface area (Å²) in [6, 6.07) is 13.8. The lowest BCUT2D eigenvalue weighted by Gasteiger charge is -2.14. The van der Waals surface area contributed by atoms with Crippen molar-refractivity contribution >= 4 is 16.8 Å². The van der Waals surface area contributed by atoms with Crippen LogP contribution < -0.4 is 5.32 Å². The van der Waals surface area contributed by atoms with E-state index in [9.17, 15) is 9.18 Å². The van der Waals surface area contributed by atoms with Crippen LogP contribution in [-0.4, -0.2) is 20.7 Å². The highest BCUT2D eigenvalue weighted by atomic mass is 19.1. The second-order valence-electron chi connectivity index (χ2n) is 6.61. The summed E-state index contributed by atoms with van der Waals surface area (Å²) in [5.41, 5.74) is 4.11. The molecule has 0 aliphatic heterocycles. The molecular weight excluding hydrogens is 343 g/mol. The van der Waals surface area contributed by atoms with Gasteiger partial charge in [0.2, 0.25) is 0 Å². The Kier molecular flexibility index (Phi) is 4.24. The number of amides is 1. The predicted octanol–water partition coefficient (Wildman–Crippen LogP) is 4.20. The van der Waals surface area contributed by atoms with Gasteiger partial charge < -0.3 is 9.88 Å². The molecule has 1 amide bonds. The van der Waals surface area contributed by atoms with Crippen molar-refractivity contribution in [2.45, 2.75) is 13.0 Å². The van der Waals surface area contributed by atoms with Crippen LogP contribution in [0.15, 0.2) is 60.9 Å². The van der Waals surface area contributed by atoms with Gasteiger partial charge in [0.1, 0.15) is 5.82 Å². The summed E-state index contributed by atoms with van der Waals surface area (Å²) < 4.78 is 15.4. The highest BCUT2D eigenvalue weighted by Crippen LogP contribution is 2.27. The van der Waals surface area contributed by atoms with Crippen LogP contribution in [0, 0.1) is 5.82 Å². The number of carbonyl (C=O) groups excluding carboxylic acids is 1. The lowest BCUT2D eigenvalue weighted by molar-refractivity contribution is 0.0941. The number of fused-ring (bicyclic) bond motifs is 1. The minimum Gasteiger partial charge on any atom is -0.350 e. The number of hydrogen-bond donors (Lipinski definition) is 2. The third-order valence-corrected chi connectivity index (χ3v) is 4.74. The number of rotatable bonds is 4. The van der Waals surface area contributed by atoms with E-state index < -0.39 is 0 Å². The Morgan fingerprint density at radius 3 is 2.81 bits per heavy atom. The molecule has 2 heterocycles. The molecule has 0 saturated heterocycles.